The van der Waals surface area contributed by atoms with Crippen LogP contribution >= 0.6 is 0 Å². The molecule has 2 nitrogen and oxygen atoms in total. The second kappa shape index (κ2) is 4.73. The van der Waals surface area contributed by atoms with Crippen LogP contribution in [0.4, 0.5) is 0 Å². The number of rotatable bonds is 0. The fourth-order valence-corrected chi connectivity index (χ4v) is 7.49. The van der Waals surface area contributed by atoms with Crippen LogP contribution in [0, 0.1) is 45.8 Å². The Labute approximate surface area is 135 Å². The molecule has 122 valence electrons. The average molecular weight is 301 g/mol. The summed E-state index contributed by atoms with van der Waals surface area (Å²) in [7, 11) is 0. The monoisotopic (exact) mass is 301 g/mol. The number of hydrogen-bond donors (Lipinski definition) is 1. The third-order valence-electron chi connectivity index (χ3n) is 8.92. The Morgan fingerprint density at radius 2 is 1.68 bits per heavy atom. The minimum Gasteiger partial charge on any atom is -0.375 e. The van der Waals surface area contributed by atoms with Crippen molar-refractivity contribution in [2.45, 2.75) is 83.7 Å². The van der Waals surface area contributed by atoms with Crippen molar-refractivity contribution in [2.24, 2.45) is 34.5 Å². The van der Waals surface area contributed by atoms with Crippen molar-refractivity contribution in [3.8, 4) is 6.07 Å². The van der Waals surface area contributed by atoms with E-state index in [1.54, 1.807) is 0 Å². The largest absolute Gasteiger partial charge is 0.375 e. The molecule has 0 heterocycles. The van der Waals surface area contributed by atoms with Crippen LogP contribution < -0.4 is 0 Å². The highest BCUT2D eigenvalue weighted by atomic mass is 16.3. The predicted molar refractivity (Wildman–Crippen MR) is 86.9 cm³/mol. The summed E-state index contributed by atoms with van der Waals surface area (Å²) in [5.74, 6) is 3.14. The Morgan fingerprint density at radius 3 is 2.45 bits per heavy atom. The van der Waals surface area contributed by atoms with Gasteiger partial charge in [-0.25, -0.2) is 0 Å². The lowest BCUT2D eigenvalue weighted by Crippen LogP contribution is -2.55. The molecular formula is C20H31NO. The minimum absolute atomic E-state index is 0.152. The summed E-state index contributed by atoms with van der Waals surface area (Å²) in [6, 6.07) is 2.30. The Morgan fingerprint density at radius 1 is 0.909 bits per heavy atom. The summed E-state index contributed by atoms with van der Waals surface area (Å²) in [6.45, 7) is 4.81. The van der Waals surface area contributed by atoms with Crippen LogP contribution in [0.25, 0.3) is 0 Å². The van der Waals surface area contributed by atoms with Gasteiger partial charge in [-0.3, -0.25) is 0 Å². The first-order valence-corrected chi connectivity index (χ1v) is 9.58. The molecule has 0 aromatic carbocycles. The van der Waals surface area contributed by atoms with Gasteiger partial charge in [0.2, 0.25) is 0 Å². The van der Waals surface area contributed by atoms with Crippen molar-refractivity contribution in [2.75, 3.05) is 0 Å². The highest BCUT2D eigenvalue weighted by Crippen LogP contribution is 2.68. The van der Waals surface area contributed by atoms with Gasteiger partial charge in [0, 0.05) is 5.41 Å². The number of aliphatic hydroxyl groups is 1. The van der Waals surface area contributed by atoms with Crippen molar-refractivity contribution in [1.29, 1.82) is 5.26 Å². The molecule has 4 aliphatic rings. The SMILES string of the molecule is C[C@]12CCCCC1CC[C@@H]1[C@H]2CC[C@@]2(C)[C@H]1CCC2(O)C#N. The Bertz CT molecular complexity index is 510. The molecule has 4 rings (SSSR count). The summed E-state index contributed by atoms with van der Waals surface area (Å²) in [6.07, 6.45) is 12.6. The summed E-state index contributed by atoms with van der Waals surface area (Å²) < 4.78 is 0. The molecule has 4 saturated carbocycles. The van der Waals surface area contributed by atoms with Crippen molar-refractivity contribution >= 4 is 0 Å². The maximum Gasteiger partial charge on any atom is 0.156 e. The molecule has 7 atom stereocenters. The predicted octanol–water partition coefficient (Wildman–Crippen LogP) is 4.67. The van der Waals surface area contributed by atoms with E-state index in [0.29, 0.717) is 17.8 Å². The van der Waals surface area contributed by atoms with E-state index in [9.17, 15) is 10.4 Å². The summed E-state index contributed by atoms with van der Waals surface area (Å²) in [5.41, 5.74) is -0.663. The van der Waals surface area contributed by atoms with E-state index >= 15 is 0 Å². The normalized spacial score (nSPS) is 57.4. The fraction of sp³-hybridized carbons (Fsp3) is 0.950. The van der Waals surface area contributed by atoms with Gasteiger partial charge in [0.15, 0.2) is 5.60 Å². The molecule has 0 aromatic heterocycles. The second-order valence-corrected chi connectivity index (χ2v) is 9.37. The highest BCUT2D eigenvalue weighted by molar-refractivity contribution is 5.20. The standard InChI is InChI=1S/C20H31NO/c1-18-10-4-3-5-14(18)6-7-15-16(18)8-11-19(2)17(15)9-12-20(19,22)13-21/h14-17,22H,3-12H2,1-2H3/t14?,15-,16-,17+,18+,19+,20?/m1/s1. The first kappa shape index (κ1) is 15.0. The molecule has 0 aliphatic heterocycles. The molecule has 0 radical (unpaired) electrons. The maximum absolute atomic E-state index is 10.9. The molecule has 1 N–H and O–H groups in total. The third-order valence-corrected chi connectivity index (χ3v) is 8.92. The molecule has 4 fully saturated rings. The third kappa shape index (κ3) is 1.70. The van der Waals surface area contributed by atoms with Crippen LogP contribution in [0.5, 0.6) is 0 Å². The van der Waals surface area contributed by atoms with E-state index in [1.807, 2.05) is 0 Å². The zero-order valence-electron chi connectivity index (χ0n) is 14.3. The van der Waals surface area contributed by atoms with Crippen LogP contribution in [0.1, 0.15) is 78.1 Å². The van der Waals surface area contributed by atoms with E-state index in [1.165, 1.54) is 44.9 Å². The molecule has 0 bridgehead atoms. The molecule has 2 unspecified atom stereocenters. The van der Waals surface area contributed by atoms with E-state index in [2.05, 4.69) is 19.9 Å². The molecular weight excluding hydrogens is 270 g/mol. The maximum atomic E-state index is 10.9. The first-order valence-electron chi connectivity index (χ1n) is 9.58. The van der Waals surface area contributed by atoms with Gasteiger partial charge in [0.1, 0.15) is 0 Å². The van der Waals surface area contributed by atoms with E-state index in [-0.39, 0.29) is 5.41 Å². The number of nitrogens with zero attached hydrogens (tertiary/aromatic N) is 1. The smallest absolute Gasteiger partial charge is 0.156 e. The van der Waals surface area contributed by atoms with Crippen molar-refractivity contribution in [3.63, 3.8) is 0 Å². The molecule has 0 spiro atoms. The van der Waals surface area contributed by atoms with E-state index in [0.717, 1.165) is 30.6 Å². The van der Waals surface area contributed by atoms with Crippen LogP contribution in [-0.2, 0) is 0 Å². The lowest BCUT2D eigenvalue weighted by Gasteiger charge is -2.60. The van der Waals surface area contributed by atoms with Crippen LogP contribution in [0.3, 0.4) is 0 Å². The lowest BCUT2D eigenvalue weighted by atomic mass is 9.44. The molecule has 0 amide bonds. The molecule has 2 heteroatoms. The van der Waals surface area contributed by atoms with Crippen molar-refractivity contribution < 1.29 is 5.11 Å². The Kier molecular flexibility index (Phi) is 3.22. The van der Waals surface area contributed by atoms with Gasteiger partial charge < -0.3 is 5.11 Å². The molecule has 4 aliphatic carbocycles. The summed E-state index contributed by atoms with van der Waals surface area (Å²) in [4.78, 5) is 0. The molecule has 0 saturated heterocycles. The molecule has 0 aromatic rings. The number of hydrogen-bond acceptors (Lipinski definition) is 2. The van der Waals surface area contributed by atoms with E-state index in [4.69, 9.17) is 0 Å². The Balaban J connectivity index is 1.67. The fourth-order valence-electron chi connectivity index (χ4n) is 7.49. The van der Waals surface area contributed by atoms with Crippen molar-refractivity contribution in [3.05, 3.63) is 0 Å². The Hall–Kier alpha value is -0.550. The van der Waals surface area contributed by atoms with Crippen LogP contribution in [-0.4, -0.2) is 10.7 Å². The highest BCUT2D eigenvalue weighted by Gasteiger charge is 2.64. The average Bonchev–Trinajstić information content (AvgIpc) is 2.79. The van der Waals surface area contributed by atoms with Gasteiger partial charge >= 0.3 is 0 Å². The topological polar surface area (TPSA) is 44.0 Å². The lowest BCUT2D eigenvalue weighted by molar-refractivity contribution is -0.135. The second-order valence-electron chi connectivity index (χ2n) is 9.37. The molecule has 22 heavy (non-hydrogen) atoms. The van der Waals surface area contributed by atoms with Crippen LogP contribution in [0.2, 0.25) is 0 Å². The quantitative estimate of drug-likeness (QED) is 0.661. The van der Waals surface area contributed by atoms with Gasteiger partial charge in [-0.2, -0.15) is 5.26 Å². The first-order chi connectivity index (χ1) is 10.4. The summed E-state index contributed by atoms with van der Waals surface area (Å²) >= 11 is 0. The van der Waals surface area contributed by atoms with Gasteiger partial charge in [0.25, 0.3) is 0 Å². The van der Waals surface area contributed by atoms with Crippen molar-refractivity contribution in [1.82, 2.24) is 0 Å². The van der Waals surface area contributed by atoms with E-state index < -0.39 is 5.60 Å². The van der Waals surface area contributed by atoms with Gasteiger partial charge in [-0.05, 0) is 80.5 Å². The van der Waals surface area contributed by atoms with Gasteiger partial charge in [-0.1, -0.05) is 26.7 Å². The van der Waals surface area contributed by atoms with Gasteiger partial charge in [0.05, 0.1) is 6.07 Å². The zero-order chi connectivity index (χ0) is 15.6. The zero-order valence-corrected chi connectivity index (χ0v) is 14.3. The number of fused-ring (bicyclic) bond motifs is 5. The number of nitriles is 1. The van der Waals surface area contributed by atoms with Gasteiger partial charge in [-0.15, -0.1) is 0 Å². The van der Waals surface area contributed by atoms with Crippen LogP contribution in [0.15, 0.2) is 0 Å². The summed E-state index contributed by atoms with van der Waals surface area (Å²) in [5, 5.41) is 20.4. The minimum atomic E-state index is -1.06.